The van der Waals surface area contributed by atoms with Crippen molar-refractivity contribution in [2.75, 3.05) is 0 Å². The van der Waals surface area contributed by atoms with Crippen LogP contribution in [0.15, 0.2) is 0 Å². The summed E-state index contributed by atoms with van der Waals surface area (Å²) in [5, 5.41) is 11.6. The van der Waals surface area contributed by atoms with E-state index in [1.165, 1.54) is 0 Å². The van der Waals surface area contributed by atoms with Crippen molar-refractivity contribution in [2.24, 2.45) is 17.1 Å². The van der Waals surface area contributed by atoms with Crippen LogP contribution in [-0.4, -0.2) is 29.1 Å². The molecule has 5 nitrogen and oxygen atoms in total. The van der Waals surface area contributed by atoms with Crippen LogP contribution in [0.25, 0.3) is 0 Å². The molecule has 1 fully saturated rings. The molecule has 0 saturated heterocycles. The van der Waals surface area contributed by atoms with E-state index in [9.17, 15) is 9.59 Å². The molecule has 1 aliphatic carbocycles. The zero-order valence-corrected chi connectivity index (χ0v) is 10.7. The van der Waals surface area contributed by atoms with Crippen LogP contribution in [0.1, 0.15) is 40.0 Å². The largest absolute Gasteiger partial charge is 0.480 e. The Kier molecular flexibility index (Phi) is 4.14. The molecular weight excluding hydrogens is 220 g/mol. The molecular formula is C12H22N2O3. The number of carbonyl (C=O) groups excluding carboxylic acids is 1. The van der Waals surface area contributed by atoms with Gasteiger partial charge in [0.05, 0.1) is 5.41 Å². The topological polar surface area (TPSA) is 92.4 Å². The number of amides is 1. The highest BCUT2D eigenvalue weighted by molar-refractivity contribution is 5.88. The van der Waals surface area contributed by atoms with E-state index in [0.29, 0.717) is 0 Å². The molecule has 0 heterocycles. The summed E-state index contributed by atoms with van der Waals surface area (Å²) in [5.41, 5.74) is 5.31. The second kappa shape index (κ2) is 5.04. The van der Waals surface area contributed by atoms with Gasteiger partial charge in [-0.05, 0) is 25.7 Å². The van der Waals surface area contributed by atoms with Crippen molar-refractivity contribution in [1.82, 2.24) is 5.32 Å². The molecule has 0 radical (unpaired) electrons. The number of carbonyl (C=O) groups is 2. The number of hydrogen-bond acceptors (Lipinski definition) is 3. The number of nitrogens with one attached hydrogen (secondary N) is 1. The molecule has 98 valence electrons. The van der Waals surface area contributed by atoms with E-state index in [1.807, 2.05) is 6.92 Å². The van der Waals surface area contributed by atoms with Crippen LogP contribution in [0, 0.1) is 11.3 Å². The molecule has 1 aliphatic rings. The van der Waals surface area contributed by atoms with E-state index in [0.717, 1.165) is 19.3 Å². The van der Waals surface area contributed by atoms with E-state index < -0.39 is 17.4 Å². The molecule has 0 aromatic rings. The average Bonchev–Trinajstić information content (AvgIpc) is 2.55. The van der Waals surface area contributed by atoms with E-state index >= 15 is 0 Å². The van der Waals surface area contributed by atoms with Crippen molar-refractivity contribution in [2.45, 2.75) is 52.1 Å². The highest BCUT2D eigenvalue weighted by Crippen LogP contribution is 2.37. The molecule has 0 aromatic heterocycles. The molecule has 1 amide bonds. The van der Waals surface area contributed by atoms with E-state index in [1.54, 1.807) is 13.8 Å². The summed E-state index contributed by atoms with van der Waals surface area (Å²) in [6.45, 7) is 5.37. The number of carboxylic acid groups (broad SMARTS) is 1. The van der Waals surface area contributed by atoms with Crippen molar-refractivity contribution >= 4 is 11.9 Å². The van der Waals surface area contributed by atoms with Gasteiger partial charge in [-0.25, -0.2) is 4.79 Å². The smallest absolute Gasteiger partial charge is 0.326 e. The number of aliphatic carboxylic acids is 1. The first kappa shape index (κ1) is 14.0. The Morgan fingerprint density at radius 2 is 2.06 bits per heavy atom. The number of carboxylic acids is 1. The molecule has 1 saturated carbocycles. The maximum absolute atomic E-state index is 12.1. The second-order valence-corrected chi connectivity index (χ2v) is 5.45. The molecule has 1 rings (SSSR count). The van der Waals surface area contributed by atoms with E-state index in [-0.39, 0.29) is 17.9 Å². The van der Waals surface area contributed by atoms with Crippen LogP contribution in [0.2, 0.25) is 0 Å². The van der Waals surface area contributed by atoms with Gasteiger partial charge in [0.15, 0.2) is 0 Å². The monoisotopic (exact) mass is 242 g/mol. The van der Waals surface area contributed by atoms with Gasteiger partial charge >= 0.3 is 5.97 Å². The first-order valence-corrected chi connectivity index (χ1v) is 6.08. The molecule has 0 aliphatic heterocycles. The van der Waals surface area contributed by atoms with Gasteiger partial charge in [0.25, 0.3) is 0 Å². The highest BCUT2D eigenvalue weighted by atomic mass is 16.4. The Bertz CT molecular complexity index is 317. The third kappa shape index (κ3) is 2.77. The second-order valence-electron chi connectivity index (χ2n) is 5.45. The molecule has 4 N–H and O–H groups in total. The third-order valence-corrected chi connectivity index (χ3v) is 3.77. The molecule has 5 heteroatoms. The maximum Gasteiger partial charge on any atom is 0.326 e. The quantitative estimate of drug-likeness (QED) is 0.677. The summed E-state index contributed by atoms with van der Waals surface area (Å²) < 4.78 is 0. The molecule has 0 bridgehead atoms. The Hall–Kier alpha value is -1.10. The maximum atomic E-state index is 12.1. The molecule has 0 spiro atoms. The first-order chi connectivity index (χ1) is 7.79. The highest BCUT2D eigenvalue weighted by Gasteiger charge is 2.44. The van der Waals surface area contributed by atoms with Gasteiger partial charge in [-0.15, -0.1) is 0 Å². The Morgan fingerprint density at radius 3 is 2.41 bits per heavy atom. The van der Waals surface area contributed by atoms with E-state index in [2.05, 4.69) is 5.32 Å². The van der Waals surface area contributed by atoms with Gasteiger partial charge in [0.1, 0.15) is 6.04 Å². The Morgan fingerprint density at radius 1 is 1.47 bits per heavy atom. The average molecular weight is 242 g/mol. The summed E-state index contributed by atoms with van der Waals surface area (Å²) in [6.07, 6.45) is 2.47. The SMILES string of the molecule is CC(C)[C@@H](NC(=O)C1(C)CCCC1N)C(=O)O. The van der Waals surface area contributed by atoms with Crippen LogP contribution in [0.5, 0.6) is 0 Å². The minimum Gasteiger partial charge on any atom is -0.480 e. The lowest BCUT2D eigenvalue weighted by atomic mass is 9.83. The van der Waals surface area contributed by atoms with Crippen LogP contribution >= 0.6 is 0 Å². The number of rotatable bonds is 4. The van der Waals surface area contributed by atoms with Gasteiger partial charge in [0.2, 0.25) is 5.91 Å². The lowest BCUT2D eigenvalue weighted by Gasteiger charge is -2.30. The summed E-state index contributed by atoms with van der Waals surface area (Å²) in [5.74, 6) is -1.37. The fourth-order valence-electron chi connectivity index (χ4n) is 2.29. The van der Waals surface area contributed by atoms with Gasteiger partial charge in [-0.2, -0.15) is 0 Å². The summed E-state index contributed by atoms with van der Waals surface area (Å²) in [7, 11) is 0. The van der Waals surface area contributed by atoms with E-state index in [4.69, 9.17) is 10.8 Å². The number of hydrogen-bond donors (Lipinski definition) is 3. The van der Waals surface area contributed by atoms with Crippen LogP contribution in [-0.2, 0) is 9.59 Å². The molecule has 3 atom stereocenters. The number of nitrogens with two attached hydrogens (primary N) is 1. The van der Waals surface area contributed by atoms with Crippen molar-refractivity contribution in [1.29, 1.82) is 0 Å². The van der Waals surface area contributed by atoms with Crippen LogP contribution in [0.4, 0.5) is 0 Å². The lowest BCUT2D eigenvalue weighted by molar-refractivity contribution is -0.145. The minimum absolute atomic E-state index is 0.141. The predicted molar refractivity (Wildman–Crippen MR) is 64.3 cm³/mol. The van der Waals surface area contributed by atoms with Gasteiger partial charge in [0, 0.05) is 6.04 Å². The fraction of sp³-hybridized carbons (Fsp3) is 0.833. The summed E-state index contributed by atoms with van der Waals surface area (Å²) in [6, 6.07) is -1.02. The predicted octanol–water partition coefficient (Wildman–Crippen LogP) is 0.729. The molecule has 2 unspecified atom stereocenters. The Balaban J connectivity index is 2.74. The zero-order chi connectivity index (χ0) is 13.2. The lowest BCUT2D eigenvalue weighted by Crippen LogP contribution is -2.53. The minimum atomic E-state index is -0.997. The van der Waals surface area contributed by atoms with Gasteiger partial charge in [-0.3, -0.25) is 4.79 Å². The first-order valence-electron chi connectivity index (χ1n) is 6.08. The Labute approximate surface area is 102 Å². The normalized spacial score (nSPS) is 30.3. The molecule has 17 heavy (non-hydrogen) atoms. The van der Waals surface area contributed by atoms with Crippen molar-refractivity contribution in [3.05, 3.63) is 0 Å². The zero-order valence-electron chi connectivity index (χ0n) is 10.7. The third-order valence-electron chi connectivity index (χ3n) is 3.77. The van der Waals surface area contributed by atoms with Crippen LogP contribution in [0.3, 0.4) is 0 Å². The standard InChI is InChI=1S/C12H22N2O3/c1-7(2)9(10(15)16)14-11(17)12(3)6-4-5-8(12)13/h7-9H,4-6,13H2,1-3H3,(H,14,17)(H,15,16)/t8?,9-,12?/m1/s1. The van der Waals surface area contributed by atoms with Crippen molar-refractivity contribution in [3.63, 3.8) is 0 Å². The van der Waals surface area contributed by atoms with Crippen LogP contribution < -0.4 is 11.1 Å². The summed E-state index contributed by atoms with van der Waals surface area (Å²) >= 11 is 0. The van der Waals surface area contributed by atoms with Crippen molar-refractivity contribution in [3.8, 4) is 0 Å². The van der Waals surface area contributed by atoms with Gasteiger partial charge < -0.3 is 16.2 Å². The fourth-order valence-corrected chi connectivity index (χ4v) is 2.29. The summed E-state index contributed by atoms with van der Waals surface area (Å²) in [4.78, 5) is 23.2. The molecule has 0 aromatic carbocycles. The van der Waals surface area contributed by atoms with Crippen molar-refractivity contribution < 1.29 is 14.7 Å². The van der Waals surface area contributed by atoms with Gasteiger partial charge in [-0.1, -0.05) is 20.3 Å².